The summed E-state index contributed by atoms with van der Waals surface area (Å²) in [6.07, 6.45) is 2.73. The van der Waals surface area contributed by atoms with Gasteiger partial charge in [0.1, 0.15) is 6.33 Å². The van der Waals surface area contributed by atoms with E-state index in [2.05, 4.69) is 34.0 Å². The van der Waals surface area contributed by atoms with Crippen molar-refractivity contribution in [2.24, 2.45) is 0 Å². The smallest absolute Gasteiger partial charge is 0.204 e. The van der Waals surface area contributed by atoms with Gasteiger partial charge in [0.05, 0.1) is 7.11 Å². The van der Waals surface area contributed by atoms with Gasteiger partial charge in [0.2, 0.25) is 5.75 Å². The van der Waals surface area contributed by atoms with Gasteiger partial charge in [-0.1, -0.05) is 13.8 Å². The molecule has 1 aromatic heterocycles. The van der Waals surface area contributed by atoms with E-state index in [0.29, 0.717) is 4.75 Å². The van der Waals surface area contributed by atoms with E-state index < -0.39 is 0 Å². The first-order valence-electron chi connectivity index (χ1n) is 6.53. The molecule has 1 saturated heterocycles. The molecule has 5 nitrogen and oxygen atoms in total. The molecule has 106 valence electrons. The molecule has 1 aliphatic rings. The molecule has 6 heteroatoms. The highest BCUT2D eigenvalue weighted by atomic mass is 32.2. The number of thioether (sulfide) groups is 1. The summed E-state index contributed by atoms with van der Waals surface area (Å²) in [4.78, 5) is 10.9. The van der Waals surface area contributed by atoms with Crippen LogP contribution in [0.5, 0.6) is 5.75 Å². The highest BCUT2D eigenvalue weighted by molar-refractivity contribution is 8.00. The molecule has 2 rings (SSSR count). The summed E-state index contributed by atoms with van der Waals surface area (Å²) < 4.78 is 5.81. The molecule has 0 radical (unpaired) electrons. The van der Waals surface area contributed by atoms with Gasteiger partial charge in [-0.15, -0.1) is 0 Å². The maximum atomic E-state index is 5.48. The molecule has 0 atom stereocenters. The zero-order valence-electron chi connectivity index (χ0n) is 12.1. The Bertz CT molecular complexity index is 439. The third-order valence-corrected chi connectivity index (χ3v) is 4.74. The molecule has 0 amide bonds. The maximum absolute atomic E-state index is 5.48. The van der Waals surface area contributed by atoms with Crippen LogP contribution in [0.2, 0.25) is 0 Å². The first-order chi connectivity index (χ1) is 9.07. The molecule has 2 heterocycles. The van der Waals surface area contributed by atoms with Crippen LogP contribution >= 0.6 is 11.8 Å². The molecule has 1 N–H and O–H groups in total. The highest BCUT2D eigenvalue weighted by Crippen LogP contribution is 2.36. The summed E-state index contributed by atoms with van der Waals surface area (Å²) in [5, 5.41) is 3.05. The molecule has 0 aliphatic carbocycles. The van der Waals surface area contributed by atoms with Crippen molar-refractivity contribution in [2.75, 3.05) is 43.2 Å². The minimum atomic E-state index is 0.334. The van der Waals surface area contributed by atoms with Gasteiger partial charge in [0.15, 0.2) is 11.6 Å². The second-order valence-corrected chi connectivity index (χ2v) is 6.98. The second kappa shape index (κ2) is 5.86. The Hall–Kier alpha value is -1.17. The Morgan fingerprint density at radius 1 is 1.37 bits per heavy atom. The maximum Gasteiger partial charge on any atom is 0.204 e. The standard InChI is InChI=1S/C13H22N4OS/c1-13(2)5-6-17(7-8-19-13)12-10(18-4)11(14-3)15-9-16-12/h9H,5-8H2,1-4H3,(H,14,15,16). The van der Waals surface area contributed by atoms with Crippen LogP contribution in [0.4, 0.5) is 11.6 Å². The topological polar surface area (TPSA) is 50.3 Å². The van der Waals surface area contributed by atoms with Crippen LogP contribution in [0.3, 0.4) is 0 Å². The number of rotatable bonds is 3. The summed E-state index contributed by atoms with van der Waals surface area (Å²) in [6, 6.07) is 0. The Kier molecular flexibility index (Phi) is 4.39. The van der Waals surface area contributed by atoms with Gasteiger partial charge in [-0.25, -0.2) is 9.97 Å². The molecule has 0 spiro atoms. The SMILES string of the molecule is CNc1ncnc(N2CCSC(C)(C)CC2)c1OC. The van der Waals surface area contributed by atoms with Crippen molar-refractivity contribution in [3.63, 3.8) is 0 Å². The van der Waals surface area contributed by atoms with Gasteiger partial charge in [-0.3, -0.25) is 0 Å². The number of nitrogens with zero attached hydrogens (tertiary/aromatic N) is 3. The lowest BCUT2D eigenvalue weighted by atomic mass is 10.1. The number of nitrogens with one attached hydrogen (secondary N) is 1. The molecule has 0 bridgehead atoms. The van der Waals surface area contributed by atoms with Crippen molar-refractivity contribution < 1.29 is 4.74 Å². The van der Waals surface area contributed by atoms with Gasteiger partial charge in [0, 0.05) is 30.6 Å². The van der Waals surface area contributed by atoms with Gasteiger partial charge in [-0.2, -0.15) is 11.8 Å². The van der Waals surface area contributed by atoms with E-state index in [0.717, 1.165) is 42.6 Å². The Morgan fingerprint density at radius 3 is 2.84 bits per heavy atom. The van der Waals surface area contributed by atoms with Crippen LogP contribution in [0.1, 0.15) is 20.3 Å². The summed E-state index contributed by atoms with van der Waals surface area (Å²) in [5.41, 5.74) is 0. The molecule has 1 aliphatic heterocycles. The summed E-state index contributed by atoms with van der Waals surface area (Å²) in [5.74, 6) is 3.47. The van der Waals surface area contributed by atoms with Gasteiger partial charge >= 0.3 is 0 Å². The third-order valence-electron chi connectivity index (χ3n) is 3.36. The highest BCUT2D eigenvalue weighted by Gasteiger charge is 2.26. The van der Waals surface area contributed by atoms with Crippen molar-refractivity contribution in [1.82, 2.24) is 9.97 Å². The van der Waals surface area contributed by atoms with Crippen molar-refractivity contribution in [2.45, 2.75) is 25.0 Å². The van der Waals surface area contributed by atoms with E-state index in [1.165, 1.54) is 0 Å². The first-order valence-corrected chi connectivity index (χ1v) is 7.51. The fourth-order valence-electron chi connectivity index (χ4n) is 2.19. The number of hydrogen-bond acceptors (Lipinski definition) is 6. The predicted molar refractivity (Wildman–Crippen MR) is 81.5 cm³/mol. The van der Waals surface area contributed by atoms with E-state index in [9.17, 15) is 0 Å². The van der Waals surface area contributed by atoms with Crippen molar-refractivity contribution in [1.29, 1.82) is 0 Å². The summed E-state index contributed by atoms with van der Waals surface area (Å²) in [6.45, 7) is 6.59. The lowest BCUT2D eigenvalue weighted by Crippen LogP contribution is -2.28. The zero-order chi connectivity index (χ0) is 13.9. The molecular formula is C13H22N4OS. The van der Waals surface area contributed by atoms with E-state index in [-0.39, 0.29) is 0 Å². The zero-order valence-corrected chi connectivity index (χ0v) is 12.9. The normalized spacial score (nSPS) is 18.8. The van der Waals surface area contributed by atoms with Crippen LogP contribution in [-0.4, -0.2) is 47.7 Å². The van der Waals surface area contributed by atoms with Crippen LogP contribution in [-0.2, 0) is 0 Å². The van der Waals surface area contributed by atoms with Crippen molar-refractivity contribution in [3.05, 3.63) is 6.33 Å². The lowest BCUT2D eigenvalue weighted by molar-refractivity contribution is 0.412. The molecular weight excluding hydrogens is 260 g/mol. The van der Waals surface area contributed by atoms with Crippen molar-refractivity contribution >= 4 is 23.4 Å². The molecule has 1 aromatic rings. The molecule has 0 unspecified atom stereocenters. The summed E-state index contributed by atoms with van der Waals surface area (Å²) >= 11 is 2.02. The predicted octanol–water partition coefficient (Wildman–Crippen LogP) is 2.25. The van der Waals surface area contributed by atoms with Crippen LogP contribution in [0.15, 0.2) is 6.33 Å². The average Bonchev–Trinajstić information content (AvgIpc) is 2.58. The fraction of sp³-hybridized carbons (Fsp3) is 0.692. The van der Waals surface area contributed by atoms with Crippen LogP contribution < -0.4 is 15.0 Å². The number of aromatic nitrogens is 2. The fourth-order valence-corrected chi connectivity index (χ4v) is 3.29. The Labute approximate surface area is 119 Å². The lowest BCUT2D eigenvalue weighted by Gasteiger charge is -2.25. The minimum Gasteiger partial charge on any atom is -0.490 e. The largest absolute Gasteiger partial charge is 0.490 e. The van der Waals surface area contributed by atoms with E-state index in [4.69, 9.17) is 4.74 Å². The Morgan fingerprint density at radius 2 is 2.16 bits per heavy atom. The summed E-state index contributed by atoms with van der Waals surface area (Å²) in [7, 11) is 3.51. The number of anilines is 2. The van der Waals surface area contributed by atoms with E-state index in [1.54, 1.807) is 13.4 Å². The molecule has 19 heavy (non-hydrogen) atoms. The first kappa shape index (κ1) is 14.2. The minimum absolute atomic E-state index is 0.334. The van der Waals surface area contributed by atoms with E-state index >= 15 is 0 Å². The van der Waals surface area contributed by atoms with Gasteiger partial charge < -0.3 is 15.0 Å². The van der Waals surface area contributed by atoms with E-state index in [1.807, 2.05) is 18.8 Å². The monoisotopic (exact) mass is 282 g/mol. The van der Waals surface area contributed by atoms with Gasteiger partial charge in [-0.05, 0) is 6.42 Å². The average molecular weight is 282 g/mol. The Balaban J connectivity index is 2.26. The number of ether oxygens (including phenoxy) is 1. The molecule has 0 saturated carbocycles. The quantitative estimate of drug-likeness (QED) is 0.917. The molecule has 0 aromatic carbocycles. The molecule has 1 fully saturated rings. The van der Waals surface area contributed by atoms with Crippen molar-refractivity contribution in [3.8, 4) is 5.75 Å². The number of methoxy groups -OCH3 is 1. The van der Waals surface area contributed by atoms with Crippen LogP contribution in [0.25, 0.3) is 0 Å². The number of hydrogen-bond donors (Lipinski definition) is 1. The van der Waals surface area contributed by atoms with Gasteiger partial charge in [0.25, 0.3) is 0 Å². The second-order valence-electron chi connectivity index (χ2n) is 5.17. The van der Waals surface area contributed by atoms with Crippen LogP contribution in [0, 0.1) is 0 Å². The third kappa shape index (κ3) is 3.23.